The van der Waals surface area contributed by atoms with Gasteiger partial charge in [0, 0.05) is 18.7 Å². The number of halogens is 1. The quantitative estimate of drug-likeness (QED) is 0.914. The molecule has 1 aromatic heterocycles. The van der Waals surface area contributed by atoms with Crippen LogP contribution in [0.2, 0.25) is 0 Å². The fourth-order valence-corrected chi connectivity index (χ4v) is 2.77. The third-order valence-corrected chi connectivity index (χ3v) is 4.01. The van der Waals surface area contributed by atoms with Crippen molar-refractivity contribution >= 4 is 21.8 Å². The minimum Gasteiger partial charge on any atom is -0.354 e. The monoisotopic (exact) mass is 333 g/mol. The molecule has 1 heterocycles. The van der Waals surface area contributed by atoms with Gasteiger partial charge in [-0.2, -0.15) is 5.10 Å². The number of nitrogens with zero attached hydrogens (tertiary/aromatic N) is 2. The minimum absolute atomic E-state index is 0.141. The number of aromatic nitrogens is 2. The number of carbonyl (C=O) groups excluding carboxylic acids is 1. The van der Waals surface area contributed by atoms with Crippen LogP contribution in [-0.2, 0) is 11.3 Å². The van der Waals surface area contributed by atoms with Crippen LogP contribution >= 0.6 is 15.9 Å². The predicted octanol–water partition coefficient (Wildman–Crippen LogP) is 2.57. The fraction of sp³-hybridized carbons (Fsp3) is 0.333. The molecule has 1 fully saturated rings. The molecule has 1 amide bonds. The minimum atomic E-state index is 0.141. The molecular formula is C15H16BrN3O. The van der Waals surface area contributed by atoms with Crippen LogP contribution in [-0.4, -0.2) is 22.2 Å². The second kappa shape index (κ2) is 5.79. The molecule has 104 valence electrons. The van der Waals surface area contributed by atoms with Crippen LogP contribution < -0.4 is 5.32 Å². The molecule has 3 rings (SSSR count). The molecule has 2 aromatic rings. The first-order valence-electron chi connectivity index (χ1n) is 6.74. The number of carbonyl (C=O) groups is 1. The zero-order chi connectivity index (χ0) is 13.9. The van der Waals surface area contributed by atoms with Gasteiger partial charge in [-0.1, -0.05) is 30.3 Å². The summed E-state index contributed by atoms with van der Waals surface area (Å²) in [5.74, 6) is 0.696. The molecule has 1 aliphatic carbocycles. The van der Waals surface area contributed by atoms with Gasteiger partial charge in [0.05, 0.1) is 17.2 Å². The summed E-state index contributed by atoms with van der Waals surface area (Å²) < 4.78 is 2.77. The number of benzene rings is 1. The fourth-order valence-electron chi connectivity index (χ4n) is 2.44. The van der Waals surface area contributed by atoms with E-state index in [-0.39, 0.29) is 11.8 Å². The third-order valence-electron chi connectivity index (χ3n) is 3.60. The maximum Gasteiger partial charge on any atom is 0.223 e. The second-order valence-electron chi connectivity index (χ2n) is 5.07. The Morgan fingerprint density at radius 3 is 2.90 bits per heavy atom. The Morgan fingerprint density at radius 1 is 1.40 bits per heavy atom. The van der Waals surface area contributed by atoms with Gasteiger partial charge in [-0.25, -0.2) is 0 Å². The van der Waals surface area contributed by atoms with E-state index in [1.54, 1.807) is 6.20 Å². The van der Waals surface area contributed by atoms with E-state index in [2.05, 4.69) is 38.5 Å². The number of hydrogen-bond donors (Lipinski definition) is 1. The van der Waals surface area contributed by atoms with Crippen molar-refractivity contribution in [2.24, 2.45) is 5.92 Å². The van der Waals surface area contributed by atoms with Gasteiger partial charge in [-0.3, -0.25) is 9.48 Å². The molecule has 0 saturated heterocycles. The van der Waals surface area contributed by atoms with Crippen LogP contribution in [0.25, 0.3) is 0 Å². The van der Waals surface area contributed by atoms with Gasteiger partial charge in [0.15, 0.2) is 0 Å². The molecule has 1 aromatic carbocycles. The average Bonchev–Trinajstić information content (AvgIpc) is 3.17. The first kappa shape index (κ1) is 13.4. The maximum absolute atomic E-state index is 12.0. The molecule has 0 unspecified atom stereocenters. The third kappa shape index (κ3) is 3.10. The smallest absolute Gasteiger partial charge is 0.223 e. The van der Waals surface area contributed by atoms with Crippen molar-refractivity contribution in [3.63, 3.8) is 0 Å². The van der Waals surface area contributed by atoms with Crippen molar-refractivity contribution in [1.29, 1.82) is 0 Å². The summed E-state index contributed by atoms with van der Waals surface area (Å²) in [5.41, 5.74) is 1.27. The van der Waals surface area contributed by atoms with Crippen molar-refractivity contribution in [2.75, 3.05) is 6.54 Å². The highest BCUT2D eigenvalue weighted by atomic mass is 79.9. The SMILES string of the molecule is O=C(NCCn1cc(Br)cn1)[C@H]1C[C@@H]1c1ccccc1. The van der Waals surface area contributed by atoms with Crippen molar-refractivity contribution in [3.8, 4) is 0 Å². The zero-order valence-corrected chi connectivity index (χ0v) is 12.6. The summed E-state index contributed by atoms with van der Waals surface area (Å²) in [6.45, 7) is 1.31. The lowest BCUT2D eigenvalue weighted by molar-refractivity contribution is -0.122. The van der Waals surface area contributed by atoms with Gasteiger partial charge < -0.3 is 5.32 Å². The molecule has 0 aliphatic heterocycles. The van der Waals surface area contributed by atoms with Gasteiger partial charge in [0.1, 0.15) is 0 Å². The molecule has 20 heavy (non-hydrogen) atoms. The van der Waals surface area contributed by atoms with Crippen LogP contribution in [0.5, 0.6) is 0 Å². The molecule has 2 atom stereocenters. The Morgan fingerprint density at radius 2 is 2.20 bits per heavy atom. The summed E-state index contributed by atoms with van der Waals surface area (Å²) in [6.07, 6.45) is 4.60. The van der Waals surface area contributed by atoms with E-state index in [9.17, 15) is 4.79 Å². The van der Waals surface area contributed by atoms with Crippen molar-refractivity contribution in [2.45, 2.75) is 18.9 Å². The largest absolute Gasteiger partial charge is 0.354 e. The molecule has 0 radical (unpaired) electrons. The summed E-state index contributed by atoms with van der Waals surface area (Å²) >= 11 is 3.35. The van der Waals surface area contributed by atoms with Crippen molar-refractivity contribution < 1.29 is 4.79 Å². The number of amides is 1. The van der Waals surface area contributed by atoms with Crippen LogP contribution in [0.3, 0.4) is 0 Å². The van der Waals surface area contributed by atoms with Crippen molar-refractivity contribution in [3.05, 3.63) is 52.8 Å². The van der Waals surface area contributed by atoms with Crippen LogP contribution in [0.4, 0.5) is 0 Å². The highest BCUT2D eigenvalue weighted by Crippen LogP contribution is 2.47. The van der Waals surface area contributed by atoms with Gasteiger partial charge in [0.2, 0.25) is 5.91 Å². The molecule has 0 spiro atoms. The Labute approximate surface area is 126 Å². The van der Waals surface area contributed by atoms with Crippen molar-refractivity contribution in [1.82, 2.24) is 15.1 Å². The molecule has 4 nitrogen and oxygen atoms in total. The van der Waals surface area contributed by atoms with Crippen LogP contribution in [0.1, 0.15) is 17.9 Å². The maximum atomic E-state index is 12.0. The Kier molecular flexibility index (Phi) is 3.87. The standard InChI is InChI=1S/C15H16BrN3O/c16-12-9-18-19(10-12)7-6-17-15(20)14-8-13(14)11-4-2-1-3-5-11/h1-5,9-10,13-14H,6-8H2,(H,17,20)/t13-,14+/m1/s1. The lowest BCUT2D eigenvalue weighted by atomic mass is 10.1. The van der Waals surface area contributed by atoms with E-state index in [0.29, 0.717) is 19.0 Å². The summed E-state index contributed by atoms with van der Waals surface area (Å²) in [7, 11) is 0. The molecule has 1 N–H and O–H groups in total. The van der Waals surface area contributed by atoms with E-state index in [4.69, 9.17) is 0 Å². The highest BCUT2D eigenvalue weighted by Gasteiger charge is 2.43. The molecule has 1 saturated carbocycles. The van der Waals surface area contributed by atoms with E-state index < -0.39 is 0 Å². The Balaban J connectivity index is 1.45. The summed E-state index contributed by atoms with van der Waals surface area (Å²) in [6, 6.07) is 10.2. The number of hydrogen-bond acceptors (Lipinski definition) is 2. The second-order valence-corrected chi connectivity index (χ2v) is 5.99. The number of nitrogens with one attached hydrogen (secondary N) is 1. The van der Waals surface area contributed by atoms with Gasteiger partial charge in [-0.05, 0) is 33.8 Å². The highest BCUT2D eigenvalue weighted by molar-refractivity contribution is 9.10. The van der Waals surface area contributed by atoms with Crippen LogP contribution in [0, 0.1) is 5.92 Å². The Bertz CT molecular complexity index is 596. The van der Waals surface area contributed by atoms with Crippen LogP contribution in [0.15, 0.2) is 47.2 Å². The van der Waals surface area contributed by atoms with E-state index in [1.807, 2.05) is 29.1 Å². The van der Waals surface area contributed by atoms with E-state index >= 15 is 0 Å². The molecule has 5 heteroatoms. The summed E-state index contributed by atoms with van der Waals surface area (Å²) in [4.78, 5) is 12.0. The first-order chi connectivity index (χ1) is 9.74. The normalized spacial score (nSPS) is 20.6. The summed E-state index contributed by atoms with van der Waals surface area (Å²) in [5, 5.41) is 7.14. The van der Waals surface area contributed by atoms with Gasteiger partial charge in [-0.15, -0.1) is 0 Å². The lowest BCUT2D eigenvalue weighted by Gasteiger charge is -2.05. The molecular weight excluding hydrogens is 318 g/mol. The van der Waals surface area contributed by atoms with E-state index in [1.165, 1.54) is 5.56 Å². The Hall–Kier alpha value is -1.62. The van der Waals surface area contributed by atoms with Gasteiger partial charge >= 0.3 is 0 Å². The lowest BCUT2D eigenvalue weighted by Crippen LogP contribution is -2.29. The van der Waals surface area contributed by atoms with E-state index in [0.717, 1.165) is 10.9 Å². The number of rotatable bonds is 5. The topological polar surface area (TPSA) is 46.9 Å². The first-order valence-corrected chi connectivity index (χ1v) is 7.54. The predicted molar refractivity (Wildman–Crippen MR) is 80.2 cm³/mol. The zero-order valence-electron chi connectivity index (χ0n) is 11.0. The molecule has 0 bridgehead atoms. The van der Waals surface area contributed by atoms with Gasteiger partial charge in [0.25, 0.3) is 0 Å². The molecule has 1 aliphatic rings. The average molecular weight is 334 g/mol.